The molecular formula is C11H17N5. The van der Waals surface area contributed by atoms with Crippen LogP contribution in [-0.2, 0) is 27.2 Å². The summed E-state index contributed by atoms with van der Waals surface area (Å²) in [5.41, 5.74) is 3.50. The van der Waals surface area contributed by atoms with E-state index in [2.05, 4.69) is 22.4 Å². The summed E-state index contributed by atoms with van der Waals surface area (Å²) in [5.74, 6) is 0. The molecule has 0 saturated carbocycles. The molecule has 0 unspecified atom stereocenters. The summed E-state index contributed by atoms with van der Waals surface area (Å²) >= 11 is 0. The summed E-state index contributed by atoms with van der Waals surface area (Å²) in [7, 11) is 3.88. The average Bonchev–Trinajstić information content (AvgIpc) is 2.79. The van der Waals surface area contributed by atoms with E-state index >= 15 is 0 Å². The third-order valence-electron chi connectivity index (χ3n) is 2.73. The highest BCUT2D eigenvalue weighted by Crippen LogP contribution is 2.05. The lowest BCUT2D eigenvalue weighted by molar-refractivity contribution is 0.652. The second-order valence-corrected chi connectivity index (χ2v) is 3.96. The maximum atomic E-state index is 4.30. The van der Waals surface area contributed by atoms with E-state index in [4.69, 9.17) is 0 Å². The van der Waals surface area contributed by atoms with Crippen molar-refractivity contribution in [2.24, 2.45) is 14.1 Å². The Morgan fingerprint density at radius 3 is 2.69 bits per heavy atom. The van der Waals surface area contributed by atoms with E-state index in [-0.39, 0.29) is 0 Å². The van der Waals surface area contributed by atoms with Gasteiger partial charge in [0.15, 0.2) is 0 Å². The predicted molar refractivity (Wildman–Crippen MR) is 61.7 cm³/mol. The van der Waals surface area contributed by atoms with Crippen molar-refractivity contribution in [2.75, 3.05) is 0 Å². The Kier molecular flexibility index (Phi) is 3.05. The molecule has 0 spiro atoms. The summed E-state index contributed by atoms with van der Waals surface area (Å²) in [5, 5.41) is 11.9. The average molecular weight is 219 g/mol. The van der Waals surface area contributed by atoms with Gasteiger partial charge in [0.1, 0.15) is 0 Å². The van der Waals surface area contributed by atoms with Crippen molar-refractivity contribution in [3.8, 4) is 0 Å². The molecule has 0 atom stereocenters. The fourth-order valence-electron chi connectivity index (χ4n) is 1.60. The summed E-state index contributed by atoms with van der Waals surface area (Å²) < 4.78 is 3.70. The number of aromatic nitrogens is 4. The minimum Gasteiger partial charge on any atom is -0.307 e. The Morgan fingerprint density at radius 1 is 1.31 bits per heavy atom. The third kappa shape index (κ3) is 2.30. The lowest BCUT2D eigenvalue weighted by Gasteiger charge is -2.02. The highest BCUT2D eigenvalue weighted by atomic mass is 15.3. The van der Waals surface area contributed by atoms with Gasteiger partial charge in [-0.2, -0.15) is 10.2 Å². The number of hydrogen-bond acceptors (Lipinski definition) is 3. The number of rotatable bonds is 4. The second kappa shape index (κ2) is 4.49. The summed E-state index contributed by atoms with van der Waals surface area (Å²) in [6.07, 6.45) is 3.85. The van der Waals surface area contributed by atoms with Gasteiger partial charge in [-0.25, -0.2) is 0 Å². The molecule has 2 rings (SSSR count). The summed E-state index contributed by atoms with van der Waals surface area (Å²) in [6.45, 7) is 3.69. The second-order valence-electron chi connectivity index (χ2n) is 3.96. The van der Waals surface area contributed by atoms with Crippen LogP contribution >= 0.6 is 0 Å². The van der Waals surface area contributed by atoms with Crippen LogP contribution in [0.4, 0.5) is 0 Å². The fourth-order valence-corrected chi connectivity index (χ4v) is 1.60. The van der Waals surface area contributed by atoms with E-state index in [1.807, 2.05) is 41.9 Å². The SMILES string of the molecule is Cc1c(CNCc2ccn(C)n2)cnn1C. The van der Waals surface area contributed by atoms with Crippen molar-refractivity contribution >= 4 is 0 Å². The molecule has 5 nitrogen and oxygen atoms in total. The van der Waals surface area contributed by atoms with Crippen molar-refractivity contribution in [2.45, 2.75) is 20.0 Å². The standard InChI is InChI=1S/C11H17N5/c1-9-10(7-13-16(9)3)6-12-8-11-4-5-15(2)14-11/h4-5,7,12H,6,8H2,1-3H3. The van der Waals surface area contributed by atoms with E-state index in [9.17, 15) is 0 Å². The van der Waals surface area contributed by atoms with Crippen LogP contribution in [-0.4, -0.2) is 19.6 Å². The minimum absolute atomic E-state index is 0.787. The van der Waals surface area contributed by atoms with Gasteiger partial charge in [0.2, 0.25) is 0 Å². The number of hydrogen-bond donors (Lipinski definition) is 1. The van der Waals surface area contributed by atoms with Gasteiger partial charge < -0.3 is 5.32 Å². The Labute approximate surface area is 95.1 Å². The zero-order valence-corrected chi connectivity index (χ0v) is 9.94. The molecule has 0 aromatic carbocycles. The van der Waals surface area contributed by atoms with Crippen molar-refractivity contribution in [1.29, 1.82) is 0 Å². The number of nitrogens with zero attached hydrogens (tertiary/aromatic N) is 4. The van der Waals surface area contributed by atoms with Crippen LogP contribution in [0.25, 0.3) is 0 Å². The Hall–Kier alpha value is -1.62. The molecule has 1 N–H and O–H groups in total. The quantitative estimate of drug-likeness (QED) is 0.825. The maximum Gasteiger partial charge on any atom is 0.0762 e. The fraction of sp³-hybridized carbons (Fsp3) is 0.455. The molecule has 0 saturated heterocycles. The molecule has 0 radical (unpaired) electrons. The van der Waals surface area contributed by atoms with Crippen LogP contribution in [0, 0.1) is 6.92 Å². The van der Waals surface area contributed by atoms with E-state index in [0.717, 1.165) is 18.8 Å². The predicted octanol–water partition coefficient (Wildman–Crippen LogP) is 0.752. The van der Waals surface area contributed by atoms with Gasteiger partial charge in [0.25, 0.3) is 0 Å². The van der Waals surface area contributed by atoms with Gasteiger partial charge in [0.05, 0.1) is 11.9 Å². The van der Waals surface area contributed by atoms with Crippen molar-refractivity contribution in [3.05, 3.63) is 35.4 Å². The molecule has 0 bridgehead atoms. The highest BCUT2D eigenvalue weighted by Gasteiger charge is 2.03. The number of nitrogens with one attached hydrogen (secondary N) is 1. The van der Waals surface area contributed by atoms with Crippen molar-refractivity contribution in [3.63, 3.8) is 0 Å². The van der Waals surface area contributed by atoms with E-state index in [1.165, 1.54) is 11.3 Å². The maximum absolute atomic E-state index is 4.30. The first-order valence-corrected chi connectivity index (χ1v) is 5.33. The lowest BCUT2D eigenvalue weighted by Crippen LogP contribution is -2.13. The van der Waals surface area contributed by atoms with Crippen LogP contribution in [0.15, 0.2) is 18.5 Å². The Morgan fingerprint density at radius 2 is 2.12 bits per heavy atom. The van der Waals surface area contributed by atoms with Gasteiger partial charge in [-0.3, -0.25) is 9.36 Å². The van der Waals surface area contributed by atoms with Crippen LogP contribution in [0.5, 0.6) is 0 Å². The molecule has 0 fully saturated rings. The smallest absolute Gasteiger partial charge is 0.0762 e. The first-order chi connectivity index (χ1) is 7.66. The molecule has 16 heavy (non-hydrogen) atoms. The molecule has 0 aliphatic heterocycles. The van der Waals surface area contributed by atoms with Gasteiger partial charge in [-0.15, -0.1) is 0 Å². The summed E-state index contributed by atoms with van der Waals surface area (Å²) in [6, 6.07) is 2.02. The first kappa shape index (κ1) is 10.9. The largest absolute Gasteiger partial charge is 0.307 e. The lowest BCUT2D eigenvalue weighted by atomic mass is 10.2. The zero-order valence-electron chi connectivity index (χ0n) is 9.94. The van der Waals surface area contributed by atoms with Gasteiger partial charge >= 0.3 is 0 Å². The van der Waals surface area contributed by atoms with E-state index in [1.54, 1.807) is 0 Å². The molecular weight excluding hydrogens is 202 g/mol. The molecule has 5 heteroatoms. The first-order valence-electron chi connectivity index (χ1n) is 5.33. The monoisotopic (exact) mass is 219 g/mol. The van der Waals surface area contributed by atoms with E-state index < -0.39 is 0 Å². The Balaban J connectivity index is 1.86. The summed E-state index contributed by atoms with van der Waals surface area (Å²) in [4.78, 5) is 0. The number of aryl methyl sites for hydroxylation is 2. The highest BCUT2D eigenvalue weighted by molar-refractivity contribution is 5.15. The molecule has 2 heterocycles. The molecule has 0 aliphatic carbocycles. The normalized spacial score (nSPS) is 10.9. The third-order valence-corrected chi connectivity index (χ3v) is 2.73. The van der Waals surface area contributed by atoms with Crippen LogP contribution < -0.4 is 5.32 Å². The van der Waals surface area contributed by atoms with Gasteiger partial charge in [0, 0.05) is 44.6 Å². The molecule has 86 valence electrons. The molecule has 0 amide bonds. The molecule has 2 aromatic rings. The minimum atomic E-state index is 0.787. The van der Waals surface area contributed by atoms with Gasteiger partial charge in [-0.05, 0) is 13.0 Å². The van der Waals surface area contributed by atoms with Crippen LogP contribution in [0.1, 0.15) is 17.0 Å². The van der Waals surface area contributed by atoms with E-state index in [0.29, 0.717) is 0 Å². The van der Waals surface area contributed by atoms with Gasteiger partial charge in [-0.1, -0.05) is 0 Å². The van der Waals surface area contributed by atoms with Crippen LogP contribution in [0.2, 0.25) is 0 Å². The van der Waals surface area contributed by atoms with Crippen molar-refractivity contribution < 1.29 is 0 Å². The Bertz CT molecular complexity index is 468. The molecule has 0 aliphatic rings. The van der Waals surface area contributed by atoms with Crippen LogP contribution in [0.3, 0.4) is 0 Å². The topological polar surface area (TPSA) is 47.7 Å². The molecule has 2 aromatic heterocycles. The van der Waals surface area contributed by atoms with Crippen molar-refractivity contribution in [1.82, 2.24) is 24.9 Å². The zero-order chi connectivity index (χ0) is 11.5.